The molecule has 0 heterocycles. The summed E-state index contributed by atoms with van der Waals surface area (Å²) in [6.45, 7) is 2.49. The van der Waals surface area contributed by atoms with Crippen LogP contribution in [-0.2, 0) is 11.2 Å². The smallest absolute Gasteiger partial charge is 0.192 e. The van der Waals surface area contributed by atoms with E-state index in [4.69, 9.17) is 4.74 Å². The van der Waals surface area contributed by atoms with Gasteiger partial charge >= 0.3 is 0 Å². The molecule has 1 aliphatic carbocycles. The number of carbonyl (C=O) groups excluding carboxylic acids is 1. The average Bonchev–Trinajstić information content (AvgIpc) is 2.55. The molecule has 2 rings (SSSR count). The second kappa shape index (κ2) is 4.19. The van der Waals surface area contributed by atoms with E-state index in [-0.39, 0.29) is 5.78 Å². The zero-order valence-electron chi connectivity index (χ0n) is 8.42. The Morgan fingerprint density at radius 2 is 2.33 bits per heavy atom. The molecular formula is C12H11BrO2. The summed E-state index contributed by atoms with van der Waals surface area (Å²) < 4.78 is 6.15. The van der Waals surface area contributed by atoms with Gasteiger partial charge in [0.15, 0.2) is 5.78 Å². The first-order valence-electron chi connectivity index (χ1n) is 4.86. The molecule has 0 aliphatic heterocycles. The number of allylic oxidation sites excluding steroid dienone is 1. The number of hydrogen-bond acceptors (Lipinski definition) is 2. The Morgan fingerprint density at radius 3 is 3.00 bits per heavy atom. The summed E-state index contributed by atoms with van der Waals surface area (Å²) in [5, 5.41) is 0. The standard InChI is InChI=1S/C12H11BrO2/c1-2-15-7-8-6-10-9(12(8)14)4-3-5-11(10)13/h3-5,7H,2,6H2,1H3/b8-7-. The average molecular weight is 267 g/mol. The van der Waals surface area contributed by atoms with Crippen molar-refractivity contribution in [3.63, 3.8) is 0 Å². The van der Waals surface area contributed by atoms with Crippen LogP contribution in [0, 0.1) is 0 Å². The highest BCUT2D eigenvalue weighted by Gasteiger charge is 2.26. The van der Waals surface area contributed by atoms with Gasteiger partial charge in [-0.25, -0.2) is 0 Å². The second-order valence-corrected chi connectivity index (χ2v) is 4.22. The van der Waals surface area contributed by atoms with Gasteiger partial charge in [-0.15, -0.1) is 0 Å². The second-order valence-electron chi connectivity index (χ2n) is 3.37. The Balaban J connectivity index is 2.37. The molecular weight excluding hydrogens is 256 g/mol. The first kappa shape index (κ1) is 10.4. The summed E-state index contributed by atoms with van der Waals surface area (Å²) in [7, 11) is 0. The van der Waals surface area contributed by atoms with Crippen molar-refractivity contribution in [2.45, 2.75) is 13.3 Å². The van der Waals surface area contributed by atoms with E-state index in [9.17, 15) is 4.79 Å². The van der Waals surface area contributed by atoms with Crippen LogP contribution in [0.1, 0.15) is 22.8 Å². The Morgan fingerprint density at radius 1 is 1.53 bits per heavy atom. The van der Waals surface area contributed by atoms with E-state index < -0.39 is 0 Å². The van der Waals surface area contributed by atoms with Crippen molar-refractivity contribution in [1.29, 1.82) is 0 Å². The molecule has 1 aromatic carbocycles. The van der Waals surface area contributed by atoms with Gasteiger partial charge in [0.25, 0.3) is 0 Å². The van der Waals surface area contributed by atoms with Crippen LogP contribution in [0.25, 0.3) is 0 Å². The number of ether oxygens (including phenoxy) is 1. The molecule has 0 fully saturated rings. The molecule has 0 amide bonds. The van der Waals surface area contributed by atoms with Crippen LogP contribution in [0.3, 0.4) is 0 Å². The summed E-state index contributed by atoms with van der Waals surface area (Å²) in [5.74, 6) is 0.0831. The van der Waals surface area contributed by atoms with Crippen LogP contribution < -0.4 is 0 Å². The molecule has 0 aromatic heterocycles. The minimum absolute atomic E-state index is 0.0831. The third kappa shape index (κ3) is 1.84. The Hall–Kier alpha value is -1.09. The van der Waals surface area contributed by atoms with Gasteiger partial charge in [0.1, 0.15) is 0 Å². The molecule has 0 atom stereocenters. The molecule has 3 heteroatoms. The van der Waals surface area contributed by atoms with E-state index in [1.807, 2.05) is 25.1 Å². The fourth-order valence-corrected chi connectivity index (χ4v) is 2.18. The molecule has 0 radical (unpaired) electrons. The van der Waals surface area contributed by atoms with Gasteiger partial charge in [0.05, 0.1) is 12.9 Å². The van der Waals surface area contributed by atoms with Crippen molar-refractivity contribution in [1.82, 2.24) is 0 Å². The van der Waals surface area contributed by atoms with E-state index in [0.717, 1.165) is 21.2 Å². The van der Waals surface area contributed by atoms with Crippen LogP contribution in [-0.4, -0.2) is 12.4 Å². The number of ketones is 1. The molecule has 2 nitrogen and oxygen atoms in total. The fourth-order valence-electron chi connectivity index (χ4n) is 1.67. The van der Waals surface area contributed by atoms with Crippen molar-refractivity contribution < 1.29 is 9.53 Å². The maximum absolute atomic E-state index is 11.9. The largest absolute Gasteiger partial charge is 0.501 e. The monoisotopic (exact) mass is 266 g/mol. The lowest BCUT2D eigenvalue weighted by Crippen LogP contribution is -1.96. The predicted octanol–water partition coefficient (Wildman–Crippen LogP) is 3.11. The number of hydrogen-bond donors (Lipinski definition) is 0. The van der Waals surface area contributed by atoms with Crippen LogP contribution in [0.4, 0.5) is 0 Å². The first-order chi connectivity index (χ1) is 7.24. The summed E-state index contributed by atoms with van der Waals surface area (Å²) in [4.78, 5) is 11.9. The first-order valence-corrected chi connectivity index (χ1v) is 5.66. The highest BCUT2D eigenvalue weighted by atomic mass is 79.9. The minimum atomic E-state index is 0.0831. The highest BCUT2D eigenvalue weighted by molar-refractivity contribution is 9.10. The van der Waals surface area contributed by atoms with Gasteiger partial charge in [-0.1, -0.05) is 28.1 Å². The molecule has 0 unspecified atom stereocenters. The van der Waals surface area contributed by atoms with E-state index in [0.29, 0.717) is 13.0 Å². The fraction of sp³-hybridized carbons (Fsp3) is 0.250. The van der Waals surface area contributed by atoms with Crippen molar-refractivity contribution in [3.8, 4) is 0 Å². The molecule has 0 bridgehead atoms. The highest BCUT2D eigenvalue weighted by Crippen LogP contribution is 2.31. The summed E-state index contributed by atoms with van der Waals surface area (Å²) in [6.07, 6.45) is 2.24. The maximum Gasteiger partial charge on any atom is 0.192 e. The van der Waals surface area contributed by atoms with Crippen LogP contribution >= 0.6 is 15.9 Å². The summed E-state index contributed by atoms with van der Waals surface area (Å²) >= 11 is 3.45. The van der Waals surface area contributed by atoms with Crippen molar-refractivity contribution in [2.75, 3.05) is 6.61 Å². The lowest BCUT2D eigenvalue weighted by atomic mass is 10.1. The molecule has 78 valence electrons. The van der Waals surface area contributed by atoms with E-state index in [1.165, 1.54) is 0 Å². The number of Topliss-reactive ketones (excluding diaryl/α,β-unsaturated/α-hetero) is 1. The van der Waals surface area contributed by atoms with Gasteiger partial charge in [-0.3, -0.25) is 4.79 Å². The topological polar surface area (TPSA) is 26.3 Å². The zero-order valence-corrected chi connectivity index (χ0v) is 10.0. The molecule has 1 aliphatic rings. The lowest BCUT2D eigenvalue weighted by Gasteiger charge is -1.97. The van der Waals surface area contributed by atoms with Crippen LogP contribution in [0.2, 0.25) is 0 Å². The van der Waals surface area contributed by atoms with Crippen molar-refractivity contribution in [3.05, 3.63) is 45.6 Å². The number of rotatable bonds is 2. The molecule has 0 spiro atoms. The number of fused-ring (bicyclic) bond motifs is 1. The molecule has 1 aromatic rings. The number of halogens is 1. The van der Waals surface area contributed by atoms with Crippen molar-refractivity contribution >= 4 is 21.7 Å². The molecule has 15 heavy (non-hydrogen) atoms. The Bertz CT molecular complexity index is 435. The molecule has 0 saturated carbocycles. The number of carbonyl (C=O) groups is 1. The third-order valence-electron chi connectivity index (χ3n) is 2.41. The predicted molar refractivity (Wildman–Crippen MR) is 61.9 cm³/mol. The normalized spacial score (nSPS) is 16.9. The van der Waals surface area contributed by atoms with Gasteiger partial charge in [0, 0.05) is 22.0 Å². The van der Waals surface area contributed by atoms with Gasteiger partial charge in [0.2, 0.25) is 0 Å². The Labute approximate surface area is 97.1 Å². The molecule has 0 saturated heterocycles. The van der Waals surface area contributed by atoms with Gasteiger partial charge in [-0.2, -0.15) is 0 Å². The minimum Gasteiger partial charge on any atom is -0.501 e. The van der Waals surface area contributed by atoms with E-state index >= 15 is 0 Å². The van der Waals surface area contributed by atoms with Gasteiger partial charge < -0.3 is 4.74 Å². The summed E-state index contributed by atoms with van der Waals surface area (Å²) in [5.41, 5.74) is 2.59. The lowest BCUT2D eigenvalue weighted by molar-refractivity contribution is 0.103. The zero-order chi connectivity index (χ0) is 10.8. The van der Waals surface area contributed by atoms with Crippen LogP contribution in [0.5, 0.6) is 0 Å². The summed E-state index contributed by atoms with van der Waals surface area (Å²) in [6, 6.07) is 5.69. The third-order valence-corrected chi connectivity index (χ3v) is 3.16. The maximum atomic E-state index is 11.9. The quantitative estimate of drug-likeness (QED) is 0.608. The Kier molecular flexibility index (Phi) is 2.91. The van der Waals surface area contributed by atoms with E-state index in [1.54, 1.807) is 6.26 Å². The number of benzene rings is 1. The molecule has 0 N–H and O–H groups in total. The van der Waals surface area contributed by atoms with Crippen molar-refractivity contribution in [2.24, 2.45) is 0 Å². The van der Waals surface area contributed by atoms with Crippen LogP contribution in [0.15, 0.2) is 34.5 Å². The SMILES string of the molecule is CCO/C=C1/Cc2c(Br)cccc2C1=O. The van der Waals surface area contributed by atoms with Gasteiger partial charge in [-0.05, 0) is 18.6 Å². The van der Waals surface area contributed by atoms with E-state index in [2.05, 4.69) is 15.9 Å².